The molecule has 1 aromatic heterocycles. The number of methoxy groups -OCH3 is 1. The first-order valence-electron chi connectivity index (χ1n) is 14.0. The van der Waals surface area contributed by atoms with E-state index in [1.165, 1.54) is 23.1 Å². The summed E-state index contributed by atoms with van der Waals surface area (Å²) in [5.41, 5.74) is 5.88. The number of aromatic nitrogens is 1. The second-order valence-electron chi connectivity index (χ2n) is 11.3. The van der Waals surface area contributed by atoms with E-state index in [0.29, 0.717) is 29.5 Å². The topological polar surface area (TPSA) is 75.6 Å². The van der Waals surface area contributed by atoms with Gasteiger partial charge in [-0.05, 0) is 72.8 Å². The third-order valence-electron chi connectivity index (χ3n) is 8.60. The van der Waals surface area contributed by atoms with E-state index in [4.69, 9.17) is 4.74 Å². The van der Waals surface area contributed by atoms with Crippen molar-refractivity contribution in [3.63, 3.8) is 0 Å². The predicted octanol–water partition coefficient (Wildman–Crippen LogP) is 6.37. The normalized spacial score (nSPS) is 16.8. The van der Waals surface area contributed by atoms with Crippen LogP contribution in [0.15, 0.2) is 36.4 Å². The minimum Gasteiger partial charge on any atom is -0.492 e. The van der Waals surface area contributed by atoms with Gasteiger partial charge in [-0.25, -0.2) is 0 Å². The molecule has 2 fully saturated rings. The van der Waals surface area contributed by atoms with E-state index in [9.17, 15) is 9.59 Å². The molecule has 0 radical (unpaired) electrons. The summed E-state index contributed by atoms with van der Waals surface area (Å²) in [6.07, 6.45) is 7.81. The minimum atomic E-state index is -0.155. The highest BCUT2D eigenvalue weighted by Crippen LogP contribution is 2.51. The molecule has 2 aromatic carbocycles. The van der Waals surface area contributed by atoms with E-state index >= 15 is 0 Å². The summed E-state index contributed by atoms with van der Waals surface area (Å²) >= 11 is 1.51. The van der Waals surface area contributed by atoms with Crippen molar-refractivity contribution in [1.82, 2.24) is 9.47 Å². The molecular weight excluding hydrogens is 508 g/mol. The fourth-order valence-electron chi connectivity index (χ4n) is 5.94. The molecule has 0 atom stereocenters. The second-order valence-corrected chi connectivity index (χ2v) is 11.9. The number of anilines is 2. The molecule has 2 aliphatic rings. The number of piperidine rings is 1. The van der Waals surface area contributed by atoms with Gasteiger partial charge in [0.1, 0.15) is 5.69 Å². The van der Waals surface area contributed by atoms with Gasteiger partial charge in [0, 0.05) is 38.2 Å². The molecule has 0 spiro atoms. The van der Waals surface area contributed by atoms with E-state index in [1.807, 2.05) is 35.8 Å². The van der Waals surface area contributed by atoms with Crippen LogP contribution in [-0.2, 0) is 23.7 Å². The Morgan fingerprint density at radius 2 is 1.85 bits per heavy atom. The highest BCUT2D eigenvalue weighted by molar-refractivity contribution is 7.99. The summed E-state index contributed by atoms with van der Waals surface area (Å²) < 4.78 is 11.1. The standard InChI is InChI=1S/C31H40N4O3S/c1-6-27(36)35-14-10-20(11-15-35)16-21-8-7-9-22-17-26(34(3)28(21)22)30(37)32-24-18-23(31(2)12-13-31)19-25(33-39-5)29(24)38-4/h7-9,17-20,33H,6,10-16H2,1-5H3,(H,32,37). The Balaban J connectivity index is 1.40. The Hall–Kier alpha value is -3.13. The van der Waals surface area contributed by atoms with Gasteiger partial charge in [0.05, 0.1) is 24.0 Å². The molecular formula is C31H40N4O3S. The quantitative estimate of drug-likeness (QED) is 0.304. The third-order valence-corrected chi connectivity index (χ3v) is 9.02. The summed E-state index contributed by atoms with van der Waals surface area (Å²) in [6, 6.07) is 12.5. The van der Waals surface area contributed by atoms with E-state index in [-0.39, 0.29) is 17.2 Å². The first-order chi connectivity index (χ1) is 18.8. The van der Waals surface area contributed by atoms with Crippen molar-refractivity contribution in [2.45, 2.75) is 57.8 Å². The summed E-state index contributed by atoms with van der Waals surface area (Å²) in [5.74, 6) is 1.26. The fraction of sp³-hybridized carbons (Fsp3) is 0.484. The van der Waals surface area contributed by atoms with Crippen LogP contribution in [0.25, 0.3) is 10.9 Å². The van der Waals surface area contributed by atoms with Crippen molar-refractivity contribution in [2.24, 2.45) is 13.0 Å². The number of hydrogen-bond acceptors (Lipinski definition) is 5. The van der Waals surface area contributed by atoms with Crippen molar-refractivity contribution in [1.29, 1.82) is 0 Å². The first kappa shape index (κ1) is 27.4. The number of hydrogen-bond donors (Lipinski definition) is 2. The predicted molar refractivity (Wildman–Crippen MR) is 161 cm³/mol. The average molecular weight is 549 g/mol. The van der Waals surface area contributed by atoms with Gasteiger partial charge in [0.25, 0.3) is 5.91 Å². The van der Waals surface area contributed by atoms with Crippen LogP contribution in [-0.4, -0.2) is 47.7 Å². The number of rotatable bonds is 9. The number of nitrogens with one attached hydrogen (secondary N) is 2. The van der Waals surface area contributed by atoms with E-state index in [0.717, 1.165) is 61.8 Å². The lowest BCUT2D eigenvalue weighted by Gasteiger charge is -2.32. The maximum Gasteiger partial charge on any atom is 0.272 e. The van der Waals surface area contributed by atoms with Crippen LogP contribution >= 0.6 is 11.9 Å². The SMILES string of the molecule is CCC(=O)N1CCC(Cc2cccc3cc(C(=O)Nc4cc(C5(C)CC5)cc(NSC)c4OC)n(C)c23)CC1. The number of para-hydroxylation sites is 1. The maximum atomic E-state index is 13.7. The van der Waals surface area contributed by atoms with Gasteiger partial charge >= 0.3 is 0 Å². The second kappa shape index (κ2) is 11.2. The Bertz CT molecular complexity index is 1390. The lowest BCUT2D eigenvalue weighted by atomic mass is 9.89. The number of likely N-dealkylation sites (tertiary alicyclic amines) is 1. The number of aryl methyl sites for hydroxylation is 1. The van der Waals surface area contributed by atoms with Crippen molar-refractivity contribution >= 4 is 46.0 Å². The molecule has 1 aliphatic carbocycles. The number of ether oxygens (including phenoxy) is 1. The lowest BCUT2D eigenvalue weighted by Crippen LogP contribution is -2.38. The van der Waals surface area contributed by atoms with Crippen molar-refractivity contribution in [3.8, 4) is 5.75 Å². The molecule has 1 saturated carbocycles. The smallest absolute Gasteiger partial charge is 0.272 e. The van der Waals surface area contributed by atoms with Gasteiger partial charge in [-0.2, -0.15) is 0 Å². The molecule has 1 saturated heterocycles. The molecule has 0 unspecified atom stereocenters. The van der Waals surface area contributed by atoms with E-state index in [1.54, 1.807) is 7.11 Å². The molecule has 3 aromatic rings. The van der Waals surface area contributed by atoms with Crippen molar-refractivity contribution in [3.05, 3.63) is 53.2 Å². The Morgan fingerprint density at radius 1 is 1.13 bits per heavy atom. The zero-order valence-corrected chi connectivity index (χ0v) is 24.5. The molecule has 2 heterocycles. The van der Waals surface area contributed by atoms with Crippen LogP contribution in [0.5, 0.6) is 5.75 Å². The fourth-order valence-corrected chi connectivity index (χ4v) is 6.31. The molecule has 2 N–H and O–H groups in total. The summed E-state index contributed by atoms with van der Waals surface area (Å²) in [4.78, 5) is 27.8. The number of amides is 2. The van der Waals surface area contributed by atoms with E-state index < -0.39 is 0 Å². The van der Waals surface area contributed by atoms with Crippen LogP contribution in [0.2, 0.25) is 0 Å². The number of nitrogens with zero attached hydrogens (tertiary/aromatic N) is 2. The van der Waals surface area contributed by atoms with Crippen LogP contribution in [0, 0.1) is 5.92 Å². The van der Waals surface area contributed by atoms with Crippen LogP contribution in [0.3, 0.4) is 0 Å². The zero-order valence-electron chi connectivity index (χ0n) is 23.7. The Morgan fingerprint density at radius 3 is 2.49 bits per heavy atom. The molecule has 5 rings (SSSR count). The van der Waals surface area contributed by atoms with Gasteiger partial charge in [-0.1, -0.05) is 44.0 Å². The summed E-state index contributed by atoms with van der Waals surface area (Å²) in [5, 5.41) is 4.23. The molecule has 8 heteroatoms. The van der Waals surface area contributed by atoms with Crippen LogP contribution < -0.4 is 14.8 Å². The van der Waals surface area contributed by atoms with Gasteiger partial charge in [-0.15, -0.1) is 0 Å². The summed E-state index contributed by atoms with van der Waals surface area (Å²) in [6.45, 7) is 5.86. The number of carbonyl (C=O) groups excluding carboxylic acids is 2. The minimum absolute atomic E-state index is 0.148. The Kier molecular flexibility index (Phi) is 7.85. The molecule has 39 heavy (non-hydrogen) atoms. The van der Waals surface area contributed by atoms with Crippen molar-refractivity contribution < 1.29 is 14.3 Å². The van der Waals surface area contributed by atoms with E-state index in [2.05, 4.69) is 47.3 Å². The lowest BCUT2D eigenvalue weighted by molar-refractivity contribution is -0.132. The van der Waals surface area contributed by atoms with Crippen LogP contribution in [0.4, 0.5) is 11.4 Å². The molecule has 2 amide bonds. The third kappa shape index (κ3) is 5.49. The number of fused-ring (bicyclic) bond motifs is 1. The number of carbonyl (C=O) groups is 2. The molecule has 208 valence electrons. The van der Waals surface area contributed by atoms with Crippen LogP contribution in [0.1, 0.15) is 67.6 Å². The molecule has 0 bridgehead atoms. The molecule has 7 nitrogen and oxygen atoms in total. The van der Waals surface area contributed by atoms with Crippen molar-refractivity contribution in [2.75, 3.05) is 36.5 Å². The van der Waals surface area contributed by atoms with Gasteiger partial charge in [-0.3, -0.25) is 9.59 Å². The largest absolute Gasteiger partial charge is 0.492 e. The highest BCUT2D eigenvalue weighted by Gasteiger charge is 2.40. The van der Waals surface area contributed by atoms with Gasteiger partial charge in [0.15, 0.2) is 5.75 Å². The van der Waals surface area contributed by atoms with Gasteiger partial charge in [0.2, 0.25) is 5.91 Å². The maximum absolute atomic E-state index is 13.7. The number of benzene rings is 2. The average Bonchev–Trinajstić information content (AvgIpc) is 3.60. The highest BCUT2D eigenvalue weighted by atomic mass is 32.2. The Labute approximate surface area is 235 Å². The molecule has 1 aliphatic heterocycles. The monoisotopic (exact) mass is 548 g/mol. The first-order valence-corrected chi connectivity index (χ1v) is 15.2. The van der Waals surface area contributed by atoms with Gasteiger partial charge < -0.3 is 24.2 Å². The zero-order chi connectivity index (χ0) is 27.7. The summed E-state index contributed by atoms with van der Waals surface area (Å²) in [7, 11) is 3.61.